The molecular weight excluding hydrogens is 302 g/mol. The molecule has 0 radical (unpaired) electrons. The molecule has 0 N–H and O–H groups in total. The van der Waals surface area contributed by atoms with Crippen LogP contribution >= 0.6 is 0 Å². The minimum Gasteiger partial charge on any atom is -0.493 e. The Morgan fingerprint density at radius 3 is 2.88 bits per heavy atom. The van der Waals surface area contributed by atoms with E-state index in [9.17, 15) is 4.79 Å². The Morgan fingerprint density at radius 2 is 1.96 bits per heavy atom. The third-order valence-corrected chi connectivity index (χ3v) is 5.29. The second-order valence-corrected chi connectivity index (χ2v) is 6.77. The summed E-state index contributed by atoms with van der Waals surface area (Å²) in [6.07, 6.45) is 2.52. The summed E-state index contributed by atoms with van der Waals surface area (Å²) in [6.45, 7) is 3.40. The smallest absolute Gasteiger partial charge is 0.262 e. The van der Waals surface area contributed by atoms with E-state index >= 15 is 0 Å². The Hall–Kier alpha value is -2.49. The third-order valence-electron chi connectivity index (χ3n) is 5.29. The summed E-state index contributed by atoms with van der Waals surface area (Å²) >= 11 is 0. The molecule has 4 heteroatoms. The van der Waals surface area contributed by atoms with Gasteiger partial charge in [-0.2, -0.15) is 0 Å². The highest BCUT2D eigenvalue weighted by molar-refractivity contribution is 6.11. The predicted octanol–water partition coefficient (Wildman–Crippen LogP) is 3.15. The molecule has 122 valence electrons. The van der Waals surface area contributed by atoms with Gasteiger partial charge in [0.05, 0.1) is 18.8 Å². The Labute approximate surface area is 141 Å². The number of ether oxygens (including phenoxy) is 2. The lowest BCUT2D eigenvalue weighted by atomic mass is 9.98. The van der Waals surface area contributed by atoms with E-state index in [1.165, 1.54) is 5.56 Å². The molecule has 4 nitrogen and oxygen atoms in total. The number of carbonyl (C=O) groups excluding carboxylic acids is 1. The van der Waals surface area contributed by atoms with Crippen molar-refractivity contribution in [3.63, 3.8) is 0 Å². The number of benzene rings is 2. The summed E-state index contributed by atoms with van der Waals surface area (Å²) < 4.78 is 11.6. The van der Waals surface area contributed by atoms with Crippen molar-refractivity contribution in [2.24, 2.45) is 0 Å². The maximum Gasteiger partial charge on any atom is 0.262 e. The fourth-order valence-corrected chi connectivity index (χ4v) is 4.21. The maximum absolute atomic E-state index is 13.5. The summed E-state index contributed by atoms with van der Waals surface area (Å²) in [5.74, 6) is 1.69. The lowest BCUT2D eigenvalue weighted by molar-refractivity contribution is 0.0977. The van der Waals surface area contributed by atoms with Crippen molar-refractivity contribution >= 4 is 11.6 Å². The summed E-state index contributed by atoms with van der Waals surface area (Å²) in [7, 11) is 0. The van der Waals surface area contributed by atoms with Gasteiger partial charge in [-0.15, -0.1) is 0 Å². The minimum absolute atomic E-state index is 0.0490. The second-order valence-electron chi connectivity index (χ2n) is 6.77. The Balaban J connectivity index is 1.67. The van der Waals surface area contributed by atoms with Crippen molar-refractivity contribution < 1.29 is 14.3 Å². The fraction of sp³-hybridized carbons (Fsp3) is 0.350. The molecule has 0 bridgehead atoms. The molecule has 3 aliphatic heterocycles. The van der Waals surface area contributed by atoms with E-state index in [4.69, 9.17) is 9.47 Å². The van der Waals surface area contributed by atoms with Crippen molar-refractivity contribution in [3.05, 3.63) is 52.6 Å². The second kappa shape index (κ2) is 5.00. The first-order valence-corrected chi connectivity index (χ1v) is 8.60. The molecule has 1 unspecified atom stereocenters. The van der Waals surface area contributed by atoms with E-state index < -0.39 is 0 Å². The van der Waals surface area contributed by atoms with Crippen LogP contribution in [-0.4, -0.2) is 25.2 Å². The Morgan fingerprint density at radius 1 is 1.12 bits per heavy atom. The summed E-state index contributed by atoms with van der Waals surface area (Å²) in [5.41, 5.74) is 5.09. The molecule has 24 heavy (non-hydrogen) atoms. The molecular formula is C20H19NO3. The van der Waals surface area contributed by atoms with Crippen LogP contribution in [0.4, 0.5) is 5.69 Å². The number of fused-ring (bicyclic) bond motifs is 3. The van der Waals surface area contributed by atoms with E-state index in [-0.39, 0.29) is 11.9 Å². The van der Waals surface area contributed by atoms with Crippen LogP contribution in [0, 0.1) is 0 Å². The minimum atomic E-state index is 0.0490. The molecule has 0 saturated carbocycles. The van der Waals surface area contributed by atoms with E-state index in [2.05, 4.69) is 19.1 Å². The lowest BCUT2D eigenvalue weighted by Gasteiger charge is -2.24. The van der Waals surface area contributed by atoms with Gasteiger partial charge in [0.25, 0.3) is 5.91 Å². The monoisotopic (exact) mass is 321 g/mol. The lowest BCUT2D eigenvalue weighted by Crippen LogP contribution is -2.36. The average molecular weight is 321 g/mol. The molecule has 0 spiro atoms. The van der Waals surface area contributed by atoms with Crippen LogP contribution in [0.15, 0.2) is 30.3 Å². The number of para-hydroxylation sites is 1. The van der Waals surface area contributed by atoms with Crippen molar-refractivity contribution in [1.29, 1.82) is 0 Å². The van der Waals surface area contributed by atoms with Gasteiger partial charge in [0.15, 0.2) is 0 Å². The van der Waals surface area contributed by atoms with Crippen LogP contribution in [-0.2, 0) is 19.3 Å². The molecule has 2 aromatic rings. The highest BCUT2D eigenvalue weighted by atomic mass is 16.5. The fourth-order valence-electron chi connectivity index (χ4n) is 4.21. The van der Waals surface area contributed by atoms with E-state index in [1.807, 2.05) is 23.1 Å². The van der Waals surface area contributed by atoms with Crippen LogP contribution < -0.4 is 14.4 Å². The van der Waals surface area contributed by atoms with Crippen molar-refractivity contribution in [2.45, 2.75) is 32.2 Å². The summed E-state index contributed by atoms with van der Waals surface area (Å²) in [6, 6.07) is 10.4. The zero-order valence-electron chi connectivity index (χ0n) is 13.7. The highest BCUT2D eigenvalue weighted by Gasteiger charge is 2.37. The zero-order chi connectivity index (χ0) is 16.3. The van der Waals surface area contributed by atoms with Gasteiger partial charge in [0, 0.05) is 35.7 Å². The molecule has 0 aliphatic carbocycles. The Bertz CT molecular complexity index is 826. The summed E-state index contributed by atoms with van der Waals surface area (Å²) in [4.78, 5) is 15.5. The van der Waals surface area contributed by atoms with Gasteiger partial charge >= 0.3 is 0 Å². The first kappa shape index (κ1) is 13.9. The molecule has 2 aromatic carbocycles. The van der Waals surface area contributed by atoms with Gasteiger partial charge in [-0.3, -0.25) is 4.79 Å². The number of amides is 1. The number of hydrogen-bond donors (Lipinski definition) is 0. The molecule has 0 aromatic heterocycles. The zero-order valence-corrected chi connectivity index (χ0v) is 13.7. The maximum atomic E-state index is 13.5. The number of rotatable bonds is 1. The molecule has 1 atom stereocenters. The van der Waals surface area contributed by atoms with Crippen LogP contribution in [0.2, 0.25) is 0 Å². The largest absolute Gasteiger partial charge is 0.493 e. The topological polar surface area (TPSA) is 38.8 Å². The van der Waals surface area contributed by atoms with Gasteiger partial charge in [0.2, 0.25) is 0 Å². The molecule has 0 saturated heterocycles. The van der Waals surface area contributed by atoms with Gasteiger partial charge in [0.1, 0.15) is 11.5 Å². The van der Waals surface area contributed by atoms with Crippen LogP contribution in [0.25, 0.3) is 0 Å². The van der Waals surface area contributed by atoms with Crippen LogP contribution in [0.3, 0.4) is 0 Å². The van der Waals surface area contributed by atoms with E-state index in [0.717, 1.165) is 53.1 Å². The number of carbonyl (C=O) groups is 1. The quantitative estimate of drug-likeness (QED) is 0.810. The molecule has 3 heterocycles. The van der Waals surface area contributed by atoms with Crippen LogP contribution in [0.5, 0.6) is 11.5 Å². The third kappa shape index (κ3) is 1.83. The van der Waals surface area contributed by atoms with Crippen molar-refractivity contribution in [1.82, 2.24) is 0 Å². The first-order valence-electron chi connectivity index (χ1n) is 8.60. The van der Waals surface area contributed by atoms with E-state index in [1.54, 1.807) is 0 Å². The molecule has 3 aliphatic rings. The number of anilines is 1. The predicted molar refractivity (Wildman–Crippen MR) is 91.3 cm³/mol. The van der Waals surface area contributed by atoms with E-state index in [0.29, 0.717) is 13.2 Å². The van der Waals surface area contributed by atoms with Crippen LogP contribution in [0.1, 0.15) is 34.0 Å². The summed E-state index contributed by atoms with van der Waals surface area (Å²) in [5, 5.41) is 0. The molecule has 5 rings (SSSR count). The molecule has 1 amide bonds. The first-order chi connectivity index (χ1) is 11.7. The van der Waals surface area contributed by atoms with Gasteiger partial charge in [-0.1, -0.05) is 18.2 Å². The average Bonchev–Trinajstić information content (AvgIpc) is 3.28. The normalized spacial score (nSPS) is 20.2. The number of nitrogens with zero attached hydrogens (tertiary/aromatic N) is 1. The van der Waals surface area contributed by atoms with Gasteiger partial charge in [-0.05, 0) is 31.0 Å². The van der Waals surface area contributed by atoms with Crippen molar-refractivity contribution in [3.8, 4) is 11.5 Å². The number of hydrogen-bond acceptors (Lipinski definition) is 3. The van der Waals surface area contributed by atoms with Crippen molar-refractivity contribution in [2.75, 3.05) is 18.1 Å². The molecule has 0 fully saturated rings. The highest BCUT2D eigenvalue weighted by Crippen LogP contribution is 2.43. The standard InChI is InChI=1S/C20H19NO3/c1-12-10-13-4-2-3-5-16(13)21(12)20(22)18-15-7-9-23-17(15)11-14-6-8-24-19(14)18/h2-5,11-12H,6-10H2,1H3. The Kier molecular flexibility index (Phi) is 2.90. The van der Waals surface area contributed by atoms with Gasteiger partial charge < -0.3 is 14.4 Å². The SMILES string of the molecule is CC1Cc2ccccc2N1C(=O)c1c2c(cc3c1OCC3)OCC2. The van der Waals surface area contributed by atoms with Gasteiger partial charge in [-0.25, -0.2) is 0 Å².